The number of piperazine rings is 3. The minimum Gasteiger partial charge on any atom is -0.299 e. The summed E-state index contributed by atoms with van der Waals surface area (Å²) >= 11 is 0. The number of carbonyl (C=O) groups excluding carboxylic acids is 1. The van der Waals surface area contributed by atoms with Gasteiger partial charge in [0.2, 0.25) is 0 Å². The normalized spacial score (nSPS) is 29.7. The first kappa shape index (κ1) is 12.8. The van der Waals surface area contributed by atoms with E-state index in [9.17, 15) is 4.79 Å². The molecular formula is C14H22N4O. The number of rotatable bonds is 4. The average molecular weight is 262 g/mol. The van der Waals surface area contributed by atoms with Gasteiger partial charge in [0.15, 0.2) is 5.78 Å². The van der Waals surface area contributed by atoms with Crippen molar-refractivity contribution in [2.75, 3.05) is 32.7 Å². The molecule has 2 bridgehead atoms. The van der Waals surface area contributed by atoms with E-state index < -0.39 is 0 Å². The first-order valence-corrected chi connectivity index (χ1v) is 7.18. The van der Waals surface area contributed by atoms with Crippen LogP contribution >= 0.6 is 0 Å². The maximum Gasteiger partial charge on any atom is 0.157 e. The Hall–Kier alpha value is -1.20. The summed E-state index contributed by atoms with van der Waals surface area (Å²) in [6.07, 6.45) is 1.43. The Morgan fingerprint density at radius 3 is 2.63 bits per heavy atom. The van der Waals surface area contributed by atoms with E-state index in [4.69, 9.17) is 0 Å². The summed E-state index contributed by atoms with van der Waals surface area (Å²) in [5.74, 6) is 0.343. The molecule has 4 rings (SSSR count). The zero-order chi connectivity index (χ0) is 13.4. The van der Waals surface area contributed by atoms with Crippen LogP contribution in [-0.4, -0.2) is 64.1 Å². The highest BCUT2D eigenvalue weighted by Crippen LogP contribution is 2.18. The molecule has 0 aliphatic carbocycles. The summed E-state index contributed by atoms with van der Waals surface area (Å²) in [7, 11) is 1.93. The standard InChI is InChI=1S/C14H22N4O/c1-3-11-8-12(16(2)15-11)9-14(19)13-10-17-4-6-18(13)7-5-17/h8,13H,3-7,9-10H2,1-2H3. The Kier molecular flexibility index (Phi) is 3.41. The Morgan fingerprint density at radius 1 is 1.37 bits per heavy atom. The SMILES string of the molecule is CCc1cc(CC(=O)C2CN3CCN2CC3)n(C)n1. The van der Waals surface area contributed by atoms with Crippen LogP contribution < -0.4 is 0 Å². The molecule has 3 aliphatic heterocycles. The lowest BCUT2D eigenvalue weighted by molar-refractivity contribution is -0.128. The molecule has 0 spiro atoms. The molecule has 1 aromatic heterocycles. The molecule has 1 atom stereocenters. The highest BCUT2D eigenvalue weighted by Gasteiger charge is 2.36. The van der Waals surface area contributed by atoms with Crippen molar-refractivity contribution in [1.29, 1.82) is 0 Å². The molecule has 104 valence electrons. The number of hydrogen-bond acceptors (Lipinski definition) is 4. The highest BCUT2D eigenvalue weighted by atomic mass is 16.1. The summed E-state index contributed by atoms with van der Waals surface area (Å²) in [6, 6.07) is 2.16. The Bertz CT molecular complexity index is 474. The summed E-state index contributed by atoms with van der Waals surface area (Å²) in [5, 5.41) is 4.42. The summed E-state index contributed by atoms with van der Waals surface area (Å²) in [6.45, 7) is 7.33. The van der Waals surface area contributed by atoms with E-state index in [1.54, 1.807) is 0 Å². The zero-order valence-corrected chi connectivity index (χ0v) is 11.8. The Balaban J connectivity index is 1.69. The van der Waals surface area contributed by atoms with E-state index in [1.165, 1.54) is 0 Å². The van der Waals surface area contributed by atoms with Crippen LogP contribution in [0.3, 0.4) is 0 Å². The molecule has 1 unspecified atom stereocenters. The van der Waals surface area contributed by atoms with Crippen molar-refractivity contribution in [2.24, 2.45) is 7.05 Å². The second-order valence-corrected chi connectivity index (χ2v) is 5.60. The van der Waals surface area contributed by atoms with E-state index >= 15 is 0 Å². The molecule has 5 nitrogen and oxygen atoms in total. The Labute approximate surface area is 114 Å². The maximum absolute atomic E-state index is 12.5. The van der Waals surface area contributed by atoms with Crippen LogP contribution in [0, 0.1) is 0 Å². The fourth-order valence-electron chi connectivity index (χ4n) is 3.13. The van der Waals surface area contributed by atoms with Crippen molar-refractivity contribution in [3.8, 4) is 0 Å². The predicted octanol–water partition coefficient (Wildman–Crippen LogP) is 0.0939. The van der Waals surface area contributed by atoms with Crippen molar-refractivity contribution < 1.29 is 4.79 Å². The molecule has 0 amide bonds. The lowest BCUT2D eigenvalue weighted by Gasteiger charge is -2.46. The molecule has 3 fully saturated rings. The topological polar surface area (TPSA) is 41.4 Å². The molecule has 0 aromatic carbocycles. The molecule has 1 aromatic rings. The quantitative estimate of drug-likeness (QED) is 0.771. The van der Waals surface area contributed by atoms with Crippen molar-refractivity contribution in [1.82, 2.24) is 19.6 Å². The third kappa shape index (κ3) is 2.44. The van der Waals surface area contributed by atoms with Crippen LogP contribution in [0.15, 0.2) is 6.07 Å². The number of aromatic nitrogens is 2. The summed E-state index contributed by atoms with van der Waals surface area (Å²) in [5.41, 5.74) is 2.11. The number of ketones is 1. The average Bonchev–Trinajstić information content (AvgIpc) is 2.80. The van der Waals surface area contributed by atoms with Gasteiger partial charge in [0.05, 0.1) is 18.2 Å². The number of nitrogens with zero attached hydrogens (tertiary/aromatic N) is 4. The van der Waals surface area contributed by atoms with Gasteiger partial charge >= 0.3 is 0 Å². The van der Waals surface area contributed by atoms with E-state index in [0.717, 1.165) is 50.5 Å². The van der Waals surface area contributed by atoms with E-state index in [0.29, 0.717) is 12.2 Å². The molecule has 5 heteroatoms. The smallest absolute Gasteiger partial charge is 0.157 e. The van der Waals surface area contributed by atoms with Gasteiger partial charge in [-0.15, -0.1) is 0 Å². The largest absolute Gasteiger partial charge is 0.299 e. The number of hydrogen-bond donors (Lipinski definition) is 0. The first-order valence-electron chi connectivity index (χ1n) is 7.18. The monoisotopic (exact) mass is 262 g/mol. The second-order valence-electron chi connectivity index (χ2n) is 5.60. The van der Waals surface area contributed by atoms with Gasteiger partial charge in [-0.05, 0) is 12.5 Å². The van der Waals surface area contributed by atoms with Crippen LogP contribution in [0.5, 0.6) is 0 Å². The van der Waals surface area contributed by atoms with Crippen LogP contribution in [0.25, 0.3) is 0 Å². The summed E-state index contributed by atoms with van der Waals surface area (Å²) < 4.78 is 1.85. The zero-order valence-electron chi connectivity index (χ0n) is 11.8. The van der Waals surface area contributed by atoms with Gasteiger partial charge in [-0.1, -0.05) is 6.92 Å². The van der Waals surface area contributed by atoms with E-state index in [1.807, 2.05) is 11.7 Å². The van der Waals surface area contributed by atoms with Crippen LogP contribution in [0.1, 0.15) is 18.3 Å². The molecule has 3 aliphatic rings. The predicted molar refractivity (Wildman–Crippen MR) is 73.1 cm³/mol. The molecule has 0 radical (unpaired) electrons. The minimum atomic E-state index is 0.0995. The molecule has 0 N–H and O–H groups in total. The molecule has 0 saturated carbocycles. The first-order chi connectivity index (χ1) is 9.17. The molecular weight excluding hydrogens is 240 g/mol. The van der Waals surface area contributed by atoms with Crippen molar-refractivity contribution in [3.05, 3.63) is 17.5 Å². The van der Waals surface area contributed by atoms with Gasteiger partial charge in [0.25, 0.3) is 0 Å². The van der Waals surface area contributed by atoms with Gasteiger partial charge in [0.1, 0.15) is 0 Å². The molecule has 4 heterocycles. The second kappa shape index (κ2) is 5.06. The Morgan fingerprint density at radius 2 is 2.11 bits per heavy atom. The highest BCUT2D eigenvalue weighted by molar-refractivity contribution is 5.86. The molecule has 3 saturated heterocycles. The lowest BCUT2D eigenvalue weighted by atomic mass is 10.0. The molecule has 19 heavy (non-hydrogen) atoms. The fraction of sp³-hybridized carbons (Fsp3) is 0.714. The third-order valence-corrected chi connectivity index (χ3v) is 4.40. The van der Waals surface area contributed by atoms with Gasteiger partial charge in [-0.2, -0.15) is 5.10 Å². The van der Waals surface area contributed by atoms with Crippen molar-refractivity contribution in [3.63, 3.8) is 0 Å². The summed E-state index contributed by atoms with van der Waals surface area (Å²) in [4.78, 5) is 17.3. The van der Waals surface area contributed by atoms with Crippen LogP contribution in [-0.2, 0) is 24.7 Å². The van der Waals surface area contributed by atoms with Gasteiger partial charge in [0, 0.05) is 45.5 Å². The lowest BCUT2D eigenvalue weighted by Crippen LogP contribution is -2.63. The van der Waals surface area contributed by atoms with Gasteiger partial charge in [-0.25, -0.2) is 0 Å². The minimum absolute atomic E-state index is 0.0995. The van der Waals surface area contributed by atoms with Crippen molar-refractivity contribution in [2.45, 2.75) is 25.8 Å². The third-order valence-electron chi connectivity index (χ3n) is 4.40. The fourth-order valence-corrected chi connectivity index (χ4v) is 3.13. The van der Waals surface area contributed by atoms with Gasteiger partial charge < -0.3 is 0 Å². The van der Waals surface area contributed by atoms with Gasteiger partial charge in [-0.3, -0.25) is 19.3 Å². The number of Topliss-reactive ketones (excluding diaryl/α,β-unsaturated/α-hetero) is 1. The van der Waals surface area contributed by atoms with E-state index in [-0.39, 0.29) is 6.04 Å². The number of carbonyl (C=O) groups is 1. The number of fused-ring (bicyclic) bond motifs is 3. The van der Waals surface area contributed by atoms with Crippen LogP contribution in [0.4, 0.5) is 0 Å². The van der Waals surface area contributed by atoms with Crippen LogP contribution in [0.2, 0.25) is 0 Å². The maximum atomic E-state index is 12.5. The van der Waals surface area contributed by atoms with Crippen molar-refractivity contribution >= 4 is 5.78 Å². The van der Waals surface area contributed by atoms with E-state index in [2.05, 4.69) is 27.9 Å². The number of aryl methyl sites for hydroxylation is 2.